The lowest BCUT2D eigenvalue weighted by atomic mass is 9.98. The number of ether oxygens (including phenoxy) is 1. The third-order valence-electron chi connectivity index (χ3n) is 4.67. The number of hydrogen-bond donors (Lipinski definition) is 0. The molecule has 0 amide bonds. The van der Waals surface area contributed by atoms with Gasteiger partial charge in [0.05, 0.1) is 18.2 Å². The molecule has 0 radical (unpaired) electrons. The van der Waals surface area contributed by atoms with Gasteiger partial charge in [0, 0.05) is 24.0 Å². The van der Waals surface area contributed by atoms with E-state index in [0.29, 0.717) is 6.61 Å². The first-order valence-corrected chi connectivity index (χ1v) is 10.00. The number of piperidine rings is 1. The Hall–Kier alpha value is -1.72. The molecule has 4 nitrogen and oxygen atoms in total. The fourth-order valence-electron chi connectivity index (χ4n) is 3.28. The average Bonchev–Trinajstić information content (AvgIpc) is 3.10. The normalized spacial score (nSPS) is 18.2. The fourth-order valence-corrected chi connectivity index (χ4v) is 4.09. The number of benzene rings is 1. The number of hydrogen-bond acceptors (Lipinski definition) is 5. The molecule has 1 aliphatic rings. The van der Waals surface area contributed by atoms with Crippen molar-refractivity contribution in [1.29, 1.82) is 0 Å². The Balaban J connectivity index is 1.61. The molecule has 0 saturated carbocycles. The summed E-state index contributed by atoms with van der Waals surface area (Å²) in [5.74, 6) is -0.0458. The van der Waals surface area contributed by atoms with Gasteiger partial charge in [-0.3, -0.25) is 9.69 Å². The summed E-state index contributed by atoms with van der Waals surface area (Å²) in [5.41, 5.74) is 3.61. The molecule has 1 saturated heterocycles. The number of rotatable bonds is 6. The summed E-state index contributed by atoms with van der Waals surface area (Å²) >= 11 is 1.69. The Morgan fingerprint density at radius 1 is 1.32 bits per heavy atom. The van der Waals surface area contributed by atoms with Crippen molar-refractivity contribution in [3.05, 3.63) is 40.9 Å². The fraction of sp³-hybridized carbons (Fsp3) is 0.500. The highest BCUT2D eigenvalue weighted by Crippen LogP contribution is 2.26. The van der Waals surface area contributed by atoms with Crippen LogP contribution in [0.15, 0.2) is 29.6 Å². The standard InChI is InChI=1S/C20H26N2O2S/c1-3-15-7-9-16(10-8-15)19-21-18(14-25-19)13-22-11-5-6-17(12-22)20(23)24-4-2/h7-10,14,17H,3-6,11-13H2,1-2H3. The Labute approximate surface area is 153 Å². The molecular formula is C20H26N2O2S. The molecule has 0 bridgehead atoms. The maximum Gasteiger partial charge on any atom is 0.310 e. The Bertz CT molecular complexity index is 696. The molecule has 5 heteroatoms. The molecule has 0 N–H and O–H groups in total. The Kier molecular flexibility index (Phi) is 6.21. The van der Waals surface area contributed by atoms with Crippen molar-refractivity contribution in [3.8, 4) is 10.6 Å². The second kappa shape index (κ2) is 8.59. The van der Waals surface area contributed by atoms with Gasteiger partial charge in [-0.1, -0.05) is 31.2 Å². The van der Waals surface area contributed by atoms with Crippen LogP contribution in [0.3, 0.4) is 0 Å². The first-order valence-electron chi connectivity index (χ1n) is 9.12. The van der Waals surface area contributed by atoms with Gasteiger partial charge in [-0.15, -0.1) is 11.3 Å². The third-order valence-corrected chi connectivity index (χ3v) is 5.61. The Morgan fingerprint density at radius 3 is 2.84 bits per heavy atom. The van der Waals surface area contributed by atoms with Crippen LogP contribution in [0.5, 0.6) is 0 Å². The molecule has 1 aromatic heterocycles. The minimum absolute atomic E-state index is 0.00777. The van der Waals surface area contributed by atoms with Gasteiger partial charge in [0.15, 0.2) is 0 Å². The highest BCUT2D eigenvalue weighted by molar-refractivity contribution is 7.13. The van der Waals surface area contributed by atoms with Crippen LogP contribution in [0.25, 0.3) is 10.6 Å². The first-order chi connectivity index (χ1) is 12.2. The number of nitrogens with zero attached hydrogens (tertiary/aromatic N) is 2. The number of thiazole rings is 1. The number of carbonyl (C=O) groups excluding carboxylic acids is 1. The van der Waals surface area contributed by atoms with Crippen molar-refractivity contribution in [2.24, 2.45) is 5.92 Å². The van der Waals surface area contributed by atoms with E-state index in [1.54, 1.807) is 11.3 Å². The van der Waals surface area contributed by atoms with Crippen LogP contribution in [0.1, 0.15) is 37.9 Å². The zero-order chi connectivity index (χ0) is 17.6. The molecule has 0 aliphatic carbocycles. The average molecular weight is 359 g/mol. The van der Waals surface area contributed by atoms with Crippen LogP contribution < -0.4 is 0 Å². The topological polar surface area (TPSA) is 42.4 Å². The smallest absolute Gasteiger partial charge is 0.310 e. The van der Waals surface area contributed by atoms with Gasteiger partial charge in [0.2, 0.25) is 0 Å². The molecule has 25 heavy (non-hydrogen) atoms. The summed E-state index contributed by atoms with van der Waals surface area (Å²) in [4.78, 5) is 19.1. The van der Waals surface area contributed by atoms with Crippen LogP contribution >= 0.6 is 11.3 Å². The lowest BCUT2D eigenvalue weighted by molar-refractivity contribution is -0.150. The third kappa shape index (κ3) is 4.67. The largest absolute Gasteiger partial charge is 0.466 e. The van der Waals surface area contributed by atoms with E-state index in [4.69, 9.17) is 9.72 Å². The molecule has 2 heterocycles. The summed E-state index contributed by atoms with van der Waals surface area (Å²) in [6.45, 7) is 7.09. The number of esters is 1. The molecule has 1 unspecified atom stereocenters. The number of likely N-dealkylation sites (tertiary alicyclic amines) is 1. The molecule has 1 aromatic carbocycles. The monoisotopic (exact) mass is 358 g/mol. The Morgan fingerprint density at radius 2 is 2.12 bits per heavy atom. The van der Waals surface area contributed by atoms with Crippen LogP contribution in [0.4, 0.5) is 0 Å². The van der Waals surface area contributed by atoms with E-state index < -0.39 is 0 Å². The highest BCUT2D eigenvalue weighted by atomic mass is 32.1. The molecule has 0 spiro atoms. The van der Waals surface area contributed by atoms with Crippen molar-refractivity contribution >= 4 is 17.3 Å². The van der Waals surface area contributed by atoms with Crippen molar-refractivity contribution in [2.45, 2.75) is 39.7 Å². The van der Waals surface area contributed by atoms with Gasteiger partial charge in [-0.2, -0.15) is 0 Å². The minimum atomic E-state index is -0.0535. The lowest BCUT2D eigenvalue weighted by Gasteiger charge is -2.30. The molecule has 3 rings (SSSR count). The zero-order valence-corrected chi connectivity index (χ0v) is 15.8. The van der Waals surface area contributed by atoms with Gasteiger partial charge in [-0.25, -0.2) is 4.98 Å². The van der Waals surface area contributed by atoms with E-state index in [0.717, 1.165) is 49.6 Å². The van der Waals surface area contributed by atoms with Crippen LogP contribution in [-0.4, -0.2) is 35.5 Å². The SMILES string of the molecule is CCOC(=O)C1CCCN(Cc2csc(-c3ccc(CC)cc3)n2)C1. The number of aryl methyl sites for hydroxylation is 1. The van der Waals surface area contributed by atoms with Gasteiger partial charge < -0.3 is 4.74 Å². The summed E-state index contributed by atoms with van der Waals surface area (Å²) < 4.78 is 5.18. The molecule has 1 atom stereocenters. The van der Waals surface area contributed by atoms with Gasteiger partial charge in [-0.05, 0) is 38.3 Å². The number of carbonyl (C=O) groups is 1. The minimum Gasteiger partial charge on any atom is -0.466 e. The van der Waals surface area contributed by atoms with Gasteiger partial charge >= 0.3 is 5.97 Å². The quantitative estimate of drug-likeness (QED) is 0.728. The molecule has 134 valence electrons. The summed E-state index contributed by atoms with van der Waals surface area (Å²) in [6, 6.07) is 8.65. The maximum absolute atomic E-state index is 12.0. The van der Waals surface area contributed by atoms with Gasteiger partial charge in [0.1, 0.15) is 5.01 Å². The molecule has 2 aromatic rings. The molecule has 1 aliphatic heterocycles. The van der Waals surface area contributed by atoms with Crippen molar-refractivity contribution in [2.75, 3.05) is 19.7 Å². The first kappa shape index (κ1) is 18.1. The maximum atomic E-state index is 12.0. The van der Waals surface area contributed by atoms with E-state index >= 15 is 0 Å². The van der Waals surface area contributed by atoms with E-state index in [9.17, 15) is 4.79 Å². The van der Waals surface area contributed by atoms with Gasteiger partial charge in [0.25, 0.3) is 0 Å². The second-order valence-corrected chi connectivity index (χ2v) is 7.38. The van der Waals surface area contributed by atoms with E-state index in [1.807, 2.05) is 6.92 Å². The lowest BCUT2D eigenvalue weighted by Crippen LogP contribution is -2.39. The number of aromatic nitrogens is 1. The van der Waals surface area contributed by atoms with E-state index in [2.05, 4.69) is 41.5 Å². The summed E-state index contributed by atoms with van der Waals surface area (Å²) in [5, 5.41) is 3.20. The molecular weight excluding hydrogens is 332 g/mol. The van der Waals surface area contributed by atoms with Crippen LogP contribution in [-0.2, 0) is 22.5 Å². The predicted molar refractivity (Wildman–Crippen MR) is 102 cm³/mol. The zero-order valence-electron chi connectivity index (χ0n) is 15.0. The summed E-state index contributed by atoms with van der Waals surface area (Å²) in [7, 11) is 0. The van der Waals surface area contributed by atoms with Crippen molar-refractivity contribution in [1.82, 2.24) is 9.88 Å². The summed E-state index contributed by atoms with van der Waals surface area (Å²) in [6.07, 6.45) is 3.03. The van der Waals surface area contributed by atoms with Crippen molar-refractivity contribution in [3.63, 3.8) is 0 Å². The molecule has 1 fully saturated rings. The second-order valence-electron chi connectivity index (χ2n) is 6.52. The van der Waals surface area contributed by atoms with Crippen molar-refractivity contribution < 1.29 is 9.53 Å². The van der Waals surface area contributed by atoms with Crippen LogP contribution in [0.2, 0.25) is 0 Å². The highest BCUT2D eigenvalue weighted by Gasteiger charge is 2.27. The van der Waals surface area contributed by atoms with E-state index in [-0.39, 0.29) is 11.9 Å². The van der Waals surface area contributed by atoms with E-state index in [1.165, 1.54) is 11.1 Å². The van der Waals surface area contributed by atoms with Crippen LogP contribution in [0, 0.1) is 5.92 Å². The predicted octanol–water partition coefficient (Wildman–Crippen LogP) is 4.15.